The molecule has 7 heteroatoms. The SMILES string of the molecule is O=C(N[C@H](c1ccccn1)[C@@H]1CCCN(Cc2cccc(F)c2F)C1)c1ccccn1. The molecule has 1 N–H and O–H groups in total. The molecule has 0 aliphatic carbocycles. The van der Waals surface area contributed by atoms with Gasteiger partial charge in [0, 0.05) is 31.0 Å². The summed E-state index contributed by atoms with van der Waals surface area (Å²) >= 11 is 0. The first-order chi connectivity index (χ1) is 15.1. The van der Waals surface area contributed by atoms with Gasteiger partial charge in [-0.25, -0.2) is 8.78 Å². The lowest BCUT2D eigenvalue weighted by Crippen LogP contribution is -2.43. The van der Waals surface area contributed by atoms with Gasteiger partial charge in [0.05, 0.1) is 11.7 Å². The topological polar surface area (TPSA) is 58.1 Å². The molecular weight excluding hydrogens is 398 g/mol. The zero-order chi connectivity index (χ0) is 21.6. The van der Waals surface area contributed by atoms with Gasteiger partial charge in [0.25, 0.3) is 5.91 Å². The molecule has 1 aliphatic rings. The van der Waals surface area contributed by atoms with Gasteiger partial charge < -0.3 is 5.32 Å². The van der Waals surface area contributed by atoms with Crippen molar-refractivity contribution in [3.63, 3.8) is 0 Å². The van der Waals surface area contributed by atoms with Crippen molar-refractivity contribution in [2.24, 2.45) is 5.92 Å². The summed E-state index contributed by atoms with van der Waals surface area (Å²) in [6.45, 7) is 1.75. The van der Waals surface area contributed by atoms with Crippen LogP contribution in [0.15, 0.2) is 67.0 Å². The Morgan fingerprint density at radius 1 is 1.06 bits per heavy atom. The minimum absolute atomic E-state index is 0.0768. The highest BCUT2D eigenvalue weighted by molar-refractivity contribution is 5.92. The number of hydrogen-bond donors (Lipinski definition) is 1. The molecule has 1 fully saturated rings. The first-order valence-corrected chi connectivity index (χ1v) is 10.4. The molecule has 1 saturated heterocycles. The summed E-state index contributed by atoms with van der Waals surface area (Å²) in [5, 5.41) is 3.10. The van der Waals surface area contributed by atoms with Gasteiger partial charge in [-0.3, -0.25) is 19.7 Å². The fourth-order valence-electron chi connectivity index (χ4n) is 4.12. The molecular formula is C24H24F2N4O. The highest BCUT2D eigenvalue weighted by Gasteiger charge is 2.31. The number of rotatable bonds is 6. The van der Waals surface area contributed by atoms with E-state index >= 15 is 0 Å². The molecule has 2 atom stereocenters. The van der Waals surface area contributed by atoms with E-state index in [0.29, 0.717) is 24.3 Å². The van der Waals surface area contributed by atoms with Crippen molar-refractivity contribution < 1.29 is 13.6 Å². The third-order valence-corrected chi connectivity index (χ3v) is 5.63. The maximum Gasteiger partial charge on any atom is 0.270 e. The van der Waals surface area contributed by atoms with E-state index in [1.807, 2.05) is 18.2 Å². The van der Waals surface area contributed by atoms with Crippen molar-refractivity contribution in [1.29, 1.82) is 0 Å². The van der Waals surface area contributed by atoms with Crippen LogP contribution in [-0.2, 0) is 6.54 Å². The van der Waals surface area contributed by atoms with Gasteiger partial charge in [0.2, 0.25) is 0 Å². The molecule has 1 amide bonds. The highest BCUT2D eigenvalue weighted by Crippen LogP contribution is 2.30. The minimum atomic E-state index is -0.833. The maximum absolute atomic E-state index is 14.2. The van der Waals surface area contributed by atoms with Gasteiger partial charge in [0.15, 0.2) is 11.6 Å². The van der Waals surface area contributed by atoms with Crippen molar-refractivity contribution in [3.8, 4) is 0 Å². The number of carbonyl (C=O) groups excluding carboxylic acids is 1. The Labute approximate surface area is 180 Å². The summed E-state index contributed by atoms with van der Waals surface area (Å²) in [7, 11) is 0. The Morgan fingerprint density at radius 2 is 1.87 bits per heavy atom. The summed E-state index contributed by atoms with van der Waals surface area (Å²) < 4.78 is 27.8. The van der Waals surface area contributed by atoms with E-state index in [1.54, 1.807) is 36.7 Å². The summed E-state index contributed by atoms with van der Waals surface area (Å²) in [6, 6.07) is 14.8. The van der Waals surface area contributed by atoms with Gasteiger partial charge in [-0.15, -0.1) is 0 Å². The van der Waals surface area contributed by atoms with Crippen LogP contribution in [0.5, 0.6) is 0 Å². The van der Waals surface area contributed by atoms with Crippen LogP contribution in [0.1, 0.15) is 40.6 Å². The standard InChI is InChI=1S/C24H24F2N4O/c25-19-9-5-7-17(22(19)26)15-30-14-6-8-18(16-30)23(20-10-1-3-12-27-20)29-24(31)21-11-2-4-13-28-21/h1-5,7,9-13,18,23H,6,8,14-16H2,(H,29,31)/t18-,23+/m1/s1. The monoisotopic (exact) mass is 422 g/mol. The van der Waals surface area contributed by atoms with Gasteiger partial charge in [-0.2, -0.15) is 0 Å². The fourth-order valence-corrected chi connectivity index (χ4v) is 4.12. The fraction of sp³-hybridized carbons (Fsp3) is 0.292. The van der Waals surface area contributed by atoms with Gasteiger partial charge in [-0.05, 0) is 55.6 Å². The minimum Gasteiger partial charge on any atom is -0.342 e. The number of nitrogens with one attached hydrogen (secondary N) is 1. The molecule has 3 aromatic rings. The van der Waals surface area contributed by atoms with Crippen LogP contribution < -0.4 is 5.32 Å². The summed E-state index contributed by atoms with van der Waals surface area (Å²) in [5.41, 5.74) is 1.46. The zero-order valence-electron chi connectivity index (χ0n) is 17.0. The lowest BCUT2D eigenvalue weighted by atomic mass is 9.88. The van der Waals surface area contributed by atoms with E-state index in [2.05, 4.69) is 20.2 Å². The number of carbonyl (C=O) groups is 1. The summed E-state index contributed by atoms with van der Waals surface area (Å²) in [5.74, 6) is -1.81. The average molecular weight is 422 g/mol. The van der Waals surface area contributed by atoms with Crippen molar-refractivity contribution in [1.82, 2.24) is 20.2 Å². The molecule has 1 aliphatic heterocycles. The number of aromatic nitrogens is 2. The van der Waals surface area contributed by atoms with Crippen LogP contribution in [-0.4, -0.2) is 33.9 Å². The Balaban J connectivity index is 1.53. The third-order valence-electron chi connectivity index (χ3n) is 5.63. The van der Waals surface area contributed by atoms with E-state index in [4.69, 9.17) is 0 Å². The van der Waals surface area contributed by atoms with Crippen molar-refractivity contribution >= 4 is 5.91 Å². The maximum atomic E-state index is 14.2. The summed E-state index contributed by atoms with van der Waals surface area (Å²) in [4.78, 5) is 23.5. The molecule has 1 aromatic carbocycles. The van der Waals surface area contributed by atoms with Crippen LogP contribution in [0.2, 0.25) is 0 Å². The second-order valence-electron chi connectivity index (χ2n) is 7.77. The molecule has 0 unspecified atom stereocenters. The Morgan fingerprint density at radius 3 is 2.61 bits per heavy atom. The van der Waals surface area contributed by atoms with Gasteiger partial charge in [0.1, 0.15) is 5.69 Å². The zero-order valence-corrected chi connectivity index (χ0v) is 17.0. The number of nitrogens with zero attached hydrogens (tertiary/aromatic N) is 3. The molecule has 0 radical (unpaired) electrons. The number of piperidine rings is 1. The predicted octanol–water partition coefficient (Wildman–Crippen LogP) is 4.14. The average Bonchev–Trinajstić information content (AvgIpc) is 2.81. The second-order valence-corrected chi connectivity index (χ2v) is 7.77. The number of benzene rings is 1. The molecule has 160 valence electrons. The van der Waals surface area contributed by atoms with E-state index in [0.717, 1.165) is 31.1 Å². The second kappa shape index (κ2) is 9.75. The van der Waals surface area contributed by atoms with E-state index < -0.39 is 11.6 Å². The number of likely N-dealkylation sites (tertiary alicyclic amines) is 1. The first-order valence-electron chi connectivity index (χ1n) is 10.4. The van der Waals surface area contributed by atoms with Crippen LogP contribution in [0.3, 0.4) is 0 Å². The Hall–Kier alpha value is -3.19. The van der Waals surface area contributed by atoms with Gasteiger partial charge in [-0.1, -0.05) is 24.3 Å². The lowest BCUT2D eigenvalue weighted by Gasteiger charge is -2.37. The molecule has 3 heterocycles. The number of pyridine rings is 2. The van der Waals surface area contributed by atoms with Crippen molar-refractivity contribution in [2.75, 3.05) is 13.1 Å². The van der Waals surface area contributed by atoms with Crippen molar-refractivity contribution in [3.05, 3.63) is 95.6 Å². The number of hydrogen-bond acceptors (Lipinski definition) is 4. The molecule has 5 nitrogen and oxygen atoms in total. The third kappa shape index (κ3) is 5.11. The highest BCUT2D eigenvalue weighted by atomic mass is 19.2. The first kappa shape index (κ1) is 21.1. The molecule has 0 spiro atoms. The number of halogens is 2. The molecule has 31 heavy (non-hydrogen) atoms. The van der Waals surface area contributed by atoms with E-state index in [9.17, 15) is 13.6 Å². The van der Waals surface area contributed by atoms with Crippen molar-refractivity contribution in [2.45, 2.75) is 25.4 Å². The largest absolute Gasteiger partial charge is 0.342 e. The molecule has 0 saturated carbocycles. The van der Waals surface area contributed by atoms with Crippen LogP contribution in [0.25, 0.3) is 0 Å². The summed E-state index contributed by atoms with van der Waals surface area (Å²) in [6.07, 6.45) is 5.08. The quantitative estimate of drug-likeness (QED) is 0.649. The Kier molecular flexibility index (Phi) is 6.62. The van der Waals surface area contributed by atoms with E-state index in [-0.39, 0.29) is 17.9 Å². The molecule has 4 rings (SSSR count). The molecule has 2 aromatic heterocycles. The smallest absolute Gasteiger partial charge is 0.270 e. The lowest BCUT2D eigenvalue weighted by molar-refractivity contribution is 0.0869. The number of amides is 1. The Bertz CT molecular complexity index is 1020. The van der Waals surface area contributed by atoms with Crippen LogP contribution in [0, 0.1) is 17.6 Å². The predicted molar refractivity (Wildman–Crippen MR) is 113 cm³/mol. The van der Waals surface area contributed by atoms with Gasteiger partial charge >= 0.3 is 0 Å². The van der Waals surface area contributed by atoms with E-state index in [1.165, 1.54) is 6.07 Å². The van der Waals surface area contributed by atoms with Crippen LogP contribution >= 0.6 is 0 Å². The normalized spacial score (nSPS) is 17.8. The molecule has 0 bridgehead atoms. The van der Waals surface area contributed by atoms with Crippen LogP contribution in [0.4, 0.5) is 8.78 Å².